The van der Waals surface area contributed by atoms with Gasteiger partial charge in [-0.2, -0.15) is 9.78 Å². The molecule has 1 heterocycles. The average Bonchev–Trinajstić information content (AvgIpc) is 2.79. The van der Waals surface area contributed by atoms with Crippen LogP contribution in [0.2, 0.25) is 0 Å². The second kappa shape index (κ2) is 11.7. The number of nitrogens with zero attached hydrogens (tertiary/aromatic N) is 3. The first kappa shape index (κ1) is 25.4. The molecule has 0 bridgehead atoms. The molecule has 174 valence electrons. The van der Waals surface area contributed by atoms with Gasteiger partial charge in [-0.1, -0.05) is 29.3 Å². The topological polar surface area (TPSA) is 82.8 Å². The van der Waals surface area contributed by atoms with Crippen molar-refractivity contribution in [2.24, 2.45) is 5.10 Å². The number of carbonyl (C=O) groups excluding carboxylic acids is 1. The van der Waals surface area contributed by atoms with Gasteiger partial charge in [0.2, 0.25) is 0 Å². The van der Waals surface area contributed by atoms with E-state index in [9.17, 15) is 9.59 Å². The highest BCUT2D eigenvalue weighted by atomic mass is 127. The van der Waals surface area contributed by atoms with E-state index >= 15 is 0 Å². The highest BCUT2D eigenvalue weighted by Crippen LogP contribution is 2.23. The van der Waals surface area contributed by atoms with E-state index in [0.29, 0.717) is 35.5 Å². The van der Waals surface area contributed by atoms with E-state index in [1.54, 1.807) is 32.2 Å². The van der Waals surface area contributed by atoms with E-state index in [4.69, 9.17) is 9.47 Å². The predicted molar refractivity (Wildman–Crippen MR) is 141 cm³/mol. The molecule has 0 aliphatic carbocycles. The van der Waals surface area contributed by atoms with E-state index in [2.05, 4.69) is 55.5 Å². The Morgan fingerprint density at radius 3 is 2.76 bits per heavy atom. The minimum atomic E-state index is -0.708. The molecule has 2 aromatic carbocycles. The van der Waals surface area contributed by atoms with Crippen LogP contribution in [0.3, 0.4) is 0 Å². The average molecular weight is 626 g/mol. The summed E-state index contributed by atoms with van der Waals surface area (Å²) < 4.78 is 13.7. The second-order valence-corrected chi connectivity index (χ2v) is 9.43. The zero-order valence-electron chi connectivity index (χ0n) is 18.7. The molecule has 33 heavy (non-hydrogen) atoms. The Bertz CT molecular complexity index is 1240. The predicted octanol–water partition coefficient (Wildman–Crippen LogP) is 5.32. The molecule has 0 radical (unpaired) electrons. The Kier molecular flexibility index (Phi) is 9.02. The number of benzene rings is 2. The van der Waals surface area contributed by atoms with Crippen LogP contribution in [0.4, 0.5) is 0 Å². The summed E-state index contributed by atoms with van der Waals surface area (Å²) >= 11 is 5.56. The first-order valence-electron chi connectivity index (χ1n) is 10.7. The molecule has 3 aromatic rings. The van der Waals surface area contributed by atoms with Crippen LogP contribution < -0.4 is 10.3 Å². The Balaban J connectivity index is 1.91. The SMILES string of the molecule is CCCCc1nc2ccc(Br)cc2c(=O)n1N=Cc1ccc(O[C@H](C)C(=O)OCC)c(I)c1. The van der Waals surface area contributed by atoms with Crippen molar-refractivity contribution in [3.8, 4) is 5.75 Å². The summed E-state index contributed by atoms with van der Waals surface area (Å²) in [5.41, 5.74) is 1.24. The Morgan fingerprint density at radius 1 is 1.27 bits per heavy atom. The number of esters is 1. The maximum Gasteiger partial charge on any atom is 0.347 e. The molecule has 0 saturated heterocycles. The van der Waals surface area contributed by atoms with Crippen molar-refractivity contribution in [1.29, 1.82) is 0 Å². The minimum absolute atomic E-state index is 0.207. The maximum absolute atomic E-state index is 13.2. The third-order valence-corrected chi connectivity index (χ3v) is 6.17. The fourth-order valence-electron chi connectivity index (χ4n) is 3.13. The fourth-order valence-corrected chi connectivity index (χ4v) is 4.15. The monoisotopic (exact) mass is 625 g/mol. The van der Waals surface area contributed by atoms with Gasteiger partial charge in [-0.3, -0.25) is 4.79 Å². The van der Waals surface area contributed by atoms with E-state index in [1.165, 1.54) is 4.68 Å². The van der Waals surface area contributed by atoms with Gasteiger partial charge in [0.15, 0.2) is 6.10 Å². The summed E-state index contributed by atoms with van der Waals surface area (Å²) in [6, 6.07) is 10.9. The van der Waals surface area contributed by atoms with Crippen LogP contribution in [0, 0.1) is 3.57 Å². The number of rotatable bonds is 9. The van der Waals surface area contributed by atoms with E-state index < -0.39 is 12.1 Å². The molecule has 1 atom stereocenters. The number of aryl methyl sites for hydroxylation is 1. The summed E-state index contributed by atoms with van der Waals surface area (Å²) in [6.07, 6.45) is 3.48. The quantitative estimate of drug-likeness (QED) is 0.183. The number of aromatic nitrogens is 2. The summed E-state index contributed by atoms with van der Waals surface area (Å²) in [5.74, 6) is 0.797. The third kappa shape index (κ3) is 6.41. The Labute approximate surface area is 214 Å². The van der Waals surface area contributed by atoms with Crippen LogP contribution >= 0.6 is 38.5 Å². The normalized spacial score (nSPS) is 12.3. The number of ether oxygens (including phenoxy) is 2. The highest BCUT2D eigenvalue weighted by molar-refractivity contribution is 14.1. The molecule has 3 rings (SSSR count). The number of hydrogen-bond donors (Lipinski definition) is 0. The third-order valence-electron chi connectivity index (χ3n) is 4.83. The van der Waals surface area contributed by atoms with Gasteiger partial charge in [0.25, 0.3) is 5.56 Å². The molecular weight excluding hydrogens is 601 g/mol. The van der Waals surface area contributed by atoms with Crippen LogP contribution in [-0.4, -0.2) is 34.6 Å². The molecule has 0 fully saturated rings. The van der Waals surface area contributed by atoms with Crippen molar-refractivity contribution in [3.63, 3.8) is 0 Å². The van der Waals surface area contributed by atoms with Crippen molar-refractivity contribution in [1.82, 2.24) is 9.66 Å². The summed E-state index contributed by atoms with van der Waals surface area (Å²) in [4.78, 5) is 29.7. The number of fused-ring (bicyclic) bond motifs is 1. The summed E-state index contributed by atoms with van der Waals surface area (Å²) in [7, 11) is 0. The standard InChI is InChI=1S/C24H25BrIN3O4/c1-4-6-7-22-28-20-10-9-17(25)13-18(20)23(30)29(22)27-14-16-8-11-21(19(26)12-16)33-15(3)24(31)32-5-2/h8-15H,4-7H2,1-3H3/t15-/m1/s1. The van der Waals surface area contributed by atoms with Crippen LogP contribution in [0.25, 0.3) is 10.9 Å². The molecule has 0 unspecified atom stereocenters. The summed E-state index contributed by atoms with van der Waals surface area (Å²) in [5, 5.41) is 4.98. The molecular formula is C24H25BrIN3O4. The van der Waals surface area contributed by atoms with E-state index in [1.807, 2.05) is 24.3 Å². The van der Waals surface area contributed by atoms with Crippen molar-refractivity contribution in [2.45, 2.75) is 46.1 Å². The molecule has 0 aliphatic rings. The summed E-state index contributed by atoms with van der Waals surface area (Å²) in [6.45, 7) is 5.81. The van der Waals surface area contributed by atoms with Gasteiger partial charge in [-0.25, -0.2) is 9.78 Å². The van der Waals surface area contributed by atoms with Crippen LogP contribution in [0.1, 0.15) is 45.0 Å². The van der Waals surface area contributed by atoms with Crippen molar-refractivity contribution < 1.29 is 14.3 Å². The number of carbonyl (C=O) groups is 1. The minimum Gasteiger partial charge on any atom is -0.478 e. The van der Waals surface area contributed by atoms with Gasteiger partial charge >= 0.3 is 5.97 Å². The van der Waals surface area contributed by atoms with Crippen molar-refractivity contribution in [2.75, 3.05) is 6.61 Å². The molecule has 9 heteroatoms. The van der Waals surface area contributed by atoms with Gasteiger partial charge in [0.05, 0.1) is 27.3 Å². The van der Waals surface area contributed by atoms with Crippen LogP contribution in [-0.2, 0) is 16.0 Å². The van der Waals surface area contributed by atoms with Gasteiger partial charge in [0, 0.05) is 10.9 Å². The molecule has 0 amide bonds. The molecule has 7 nitrogen and oxygen atoms in total. The lowest BCUT2D eigenvalue weighted by Gasteiger charge is -2.14. The molecule has 0 N–H and O–H groups in total. The smallest absolute Gasteiger partial charge is 0.347 e. The van der Waals surface area contributed by atoms with Crippen LogP contribution in [0.15, 0.2) is 50.8 Å². The Morgan fingerprint density at radius 2 is 2.06 bits per heavy atom. The molecule has 0 aliphatic heterocycles. The number of hydrogen-bond acceptors (Lipinski definition) is 6. The van der Waals surface area contributed by atoms with Crippen LogP contribution in [0.5, 0.6) is 5.75 Å². The van der Waals surface area contributed by atoms with Gasteiger partial charge in [0.1, 0.15) is 11.6 Å². The molecule has 1 aromatic heterocycles. The van der Waals surface area contributed by atoms with Gasteiger partial charge < -0.3 is 9.47 Å². The highest BCUT2D eigenvalue weighted by Gasteiger charge is 2.17. The second-order valence-electron chi connectivity index (χ2n) is 7.36. The molecule has 0 spiro atoms. The lowest BCUT2D eigenvalue weighted by molar-refractivity contribution is -0.150. The van der Waals surface area contributed by atoms with Gasteiger partial charge in [-0.05, 0) is 84.8 Å². The van der Waals surface area contributed by atoms with Gasteiger partial charge in [-0.15, -0.1) is 0 Å². The maximum atomic E-state index is 13.2. The van der Waals surface area contributed by atoms with E-state index in [-0.39, 0.29) is 5.56 Å². The van der Waals surface area contributed by atoms with Crippen molar-refractivity contribution >= 4 is 61.6 Å². The zero-order chi connectivity index (χ0) is 24.0. The Hall–Kier alpha value is -2.27. The number of halogens is 2. The van der Waals surface area contributed by atoms with Crippen molar-refractivity contribution in [3.05, 3.63) is 66.2 Å². The fraction of sp³-hybridized carbons (Fsp3) is 0.333. The first-order chi connectivity index (χ1) is 15.8. The zero-order valence-corrected chi connectivity index (χ0v) is 22.4. The lowest BCUT2D eigenvalue weighted by Crippen LogP contribution is -2.26. The van der Waals surface area contributed by atoms with E-state index in [0.717, 1.165) is 26.4 Å². The lowest BCUT2D eigenvalue weighted by atomic mass is 10.2. The number of unbranched alkanes of at least 4 members (excludes halogenated alkanes) is 1. The molecule has 0 saturated carbocycles. The first-order valence-corrected chi connectivity index (χ1v) is 12.6. The largest absolute Gasteiger partial charge is 0.478 e.